The topological polar surface area (TPSA) is 52.6 Å². The van der Waals surface area contributed by atoms with Gasteiger partial charge in [-0.05, 0) is 61.3 Å². The summed E-state index contributed by atoms with van der Waals surface area (Å²) in [6, 6.07) is 6.33. The summed E-state index contributed by atoms with van der Waals surface area (Å²) in [5, 5.41) is 0.539. The molecule has 132 valence electrons. The number of carbonyl (C=O) groups excluding carboxylic acids is 2. The molecule has 24 heavy (non-hydrogen) atoms. The zero-order valence-corrected chi connectivity index (χ0v) is 15.2. The van der Waals surface area contributed by atoms with Crippen molar-refractivity contribution in [2.45, 2.75) is 46.1 Å². The molecule has 0 N–H and O–H groups in total. The van der Waals surface area contributed by atoms with Crippen LogP contribution < -0.4 is 0 Å². The van der Waals surface area contributed by atoms with E-state index in [4.69, 9.17) is 21.1 Å². The fourth-order valence-corrected chi connectivity index (χ4v) is 3.20. The lowest BCUT2D eigenvalue weighted by molar-refractivity contribution is -0.158. The summed E-state index contributed by atoms with van der Waals surface area (Å²) < 4.78 is 10.6. The number of carbonyl (C=O) groups is 2. The zero-order chi connectivity index (χ0) is 17.7. The van der Waals surface area contributed by atoms with Gasteiger partial charge in [-0.15, -0.1) is 0 Å². The third kappa shape index (κ3) is 5.23. The Hall–Kier alpha value is -1.55. The summed E-state index contributed by atoms with van der Waals surface area (Å²) in [7, 11) is 0. The second-order valence-electron chi connectivity index (χ2n) is 6.91. The monoisotopic (exact) mass is 352 g/mol. The van der Waals surface area contributed by atoms with Gasteiger partial charge in [0.1, 0.15) is 6.10 Å². The number of esters is 2. The second kappa shape index (κ2) is 8.52. The lowest BCUT2D eigenvalue weighted by Crippen LogP contribution is -2.35. The fourth-order valence-electron chi connectivity index (χ4n) is 3.08. The van der Waals surface area contributed by atoms with Gasteiger partial charge in [0.05, 0.1) is 5.56 Å². The molecule has 0 aromatic heterocycles. The van der Waals surface area contributed by atoms with Crippen LogP contribution in [0.25, 0.3) is 0 Å². The number of ether oxygens (including phenoxy) is 2. The number of halogens is 1. The summed E-state index contributed by atoms with van der Waals surface area (Å²) >= 11 is 5.77. The molecule has 1 aliphatic rings. The molecule has 1 aromatic carbocycles. The van der Waals surface area contributed by atoms with Crippen molar-refractivity contribution in [3.8, 4) is 0 Å². The predicted octanol–water partition coefficient (Wildman–Crippen LogP) is 4.50. The van der Waals surface area contributed by atoms with Crippen molar-refractivity contribution in [1.29, 1.82) is 0 Å². The van der Waals surface area contributed by atoms with Crippen molar-refractivity contribution in [3.63, 3.8) is 0 Å². The molecule has 1 aliphatic carbocycles. The quantitative estimate of drug-likeness (QED) is 0.732. The molecule has 0 heterocycles. The van der Waals surface area contributed by atoms with Crippen molar-refractivity contribution in [2.24, 2.45) is 17.8 Å². The molecule has 3 atom stereocenters. The Morgan fingerprint density at radius 3 is 2.50 bits per heavy atom. The molecule has 0 radical (unpaired) electrons. The lowest BCUT2D eigenvalue weighted by atomic mass is 9.76. The van der Waals surface area contributed by atoms with Gasteiger partial charge in [0, 0.05) is 5.02 Å². The molecule has 0 amide bonds. The first-order valence-electron chi connectivity index (χ1n) is 8.49. The summed E-state index contributed by atoms with van der Waals surface area (Å²) in [4.78, 5) is 23.9. The maximum atomic E-state index is 12.0. The van der Waals surface area contributed by atoms with Gasteiger partial charge in [0.2, 0.25) is 0 Å². The van der Waals surface area contributed by atoms with Crippen molar-refractivity contribution in [1.82, 2.24) is 0 Å². The van der Waals surface area contributed by atoms with Crippen LogP contribution in [0.1, 0.15) is 50.4 Å². The summed E-state index contributed by atoms with van der Waals surface area (Å²) in [6.45, 7) is 6.14. The van der Waals surface area contributed by atoms with Crippen LogP contribution in [0, 0.1) is 17.8 Å². The first kappa shape index (κ1) is 18.8. The van der Waals surface area contributed by atoms with Gasteiger partial charge in [-0.2, -0.15) is 0 Å². The molecular weight excluding hydrogens is 328 g/mol. The minimum Gasteiger partial charge on any atom is -0.460 e. The predicted molar refractivity (Wildman–Crippen MR) is 93.0 cm³/mol. The maximum absolute atomic E-state index is 12.0. The SMILES string of the molecule is CC(C)[C@@H]1CC[C@H](C)[C@@H](OC(=O)COC(=O)c2ccc(Cl)cc2)C1. The number of hydrogen-bond donors (Lipinski definition) is 0. The Morgan fingerprint density at radius 1 is 1.21 bits per heavy atom. The van der Waals surface area contributed by atoms with E-state index in [9.17, 15) is 9.59 Å². The molecule has 0 aliphatic heterocycles. The molecule has 0 bridgehead atoms. The fraction of sp³-hybridized carbons (Fsp3) is 0.579. The van der Waals surface area contributed by atoms with Crippen LogP contribution in [0.15, 0.2) is 24.3 Å². The van der Waals surface area contributed by atoms with Crippen molar-refractivity contribution in [2.75, 3.05) is 6.61 Å². The van der Waals surface area contributed by atoms with Crippen LogP contribution in [0.4, 0.5) is 0 Å². The van der Waals surface area contributed by atoms with Crippen LogP contribution in [0.2, 0.25) is 5.02 Å². The van der Waals surface area contributed by atoms with Gasteiger partial charge < -0.3 is 9.47 Å². The second-order valence-corrected chi connectivity index (χ2v) is 7.34. The number of rotatable bonds is 5. The number of hydrogen-bond acceptors (Lipinski definition) is 4. The minimum absolute atomic E-state index is 0.0899. The molecule has 1 aromatic rings. The van der Waals surface area contributed by atoms with E-state index in [-0.39, 0.29) is 12.7 Å². The third-order valence-electron chi connectivity index (χ3n) is 4.79. The van der Waals surface area contributed by atoms with Gasteiger partial charge in [-0.1, -0.05) is 32.4 Å². The van der Waals surface area contributed by atoms with Crippen molar-refractivity contribution < 1.29 is 19.1 Å². The van der Waals surface area contributed by atoms with Crippen LogP contribution in [-0.4, -0.2) is 24.6 Å². The Kier molecular flexibility index (Phi) is 6.67. The Morgan fingerprint density at radius 2 is 1.88 bits per heavy atom. The van der Waals surface area contributed by atoms with Gasteiger partial charge in [-0.3, -0.25) is 0 Å². The standard InChI is InChI=1S/C19H25ClO4/c1-12(2)15-5-4-13(3)17(10-15)24-18(21)11-23-19(22)14-6-8-16(20)9-7-14/h6-9,12-13,15,17H,4-5,10-11H2,1-3H3/t13-,15+,17-/m0/s1. The highest BCUT2D eigenvalue weighted by Gasteiger charge is 2.32. The third-order valence-corrected chi connectivity index (χ3v) is 5.04. The largest absolute Gasteiger partial charge is 0.460 e. The summed E-state index contributed by atoms with van der Waals surface area (Å²) in [5.74, 6) is 0.465. The van der Waals surface area contributed by atoms with Gasteiger partial charge >= 0.3 is 11.9 Å². The maximum Gasteiger partial charge on any atom is 0.344 e. The minimum atomic E-state index is -0.555. The van der Waals surface area contributed by atoms with Crippen molar-refractivity contribution >= 4 is 23.5 Å². The molecule has 5 heteroatoms. The van der Waals surface area contributed by atoms with E-state index in [0.29, 0.717) is 28.3 Å². The summed E-state index contributed by atoms with van der Waals surface area (Å²) in [5.41, 5.74) is 0.359. The smallest absolute Gasteiger partial charge is 0.344 e. The molecule has 4 nitrogen and oxygen atoms in total. The normalized spacial score (nSPS) is 23.8. The highest BCUT2D eigenvalue weighted by atomic mass is 35.5. The average molecular weight is 353 g/mol. The molecule has 1 fully saturated rings. The molecule has 1 saturated carbocycles. The van der Waals surface area contributed by atoms with E-state index in [1.54, 1.807) is 24.3 Å². The number of benzene rings is 1. The van der Waals surface area contributed by atoms with E-state index in [1.807, 2.05) is 0 Å². The average Bonchev–Trinajstić information content (AvgIpc) is 2.55. The van der Waals surface area contributed by atoms with E-state index in [2.05, 4.69) is 20.8 Å². The molecular formula is C19H25ClO4. The van der Waals surface area contributed by atoms with Gasteiger partial charge in [0.15, 0.2) is 6.61 Å². The Balaban J connectivity index is 1.81. The highest BCUT2D eigenvalue weighted by Crippen LogP contribution is 2.34. The van der Waals surface area contributed by atoms with E-state index < -0.39 is 11.9 Å². The van der Waals surface area contributed by atoms with Gasteiger partial charge in [0.25, 0.3) is 0 Å². The van der Waals surface area contributed by atoms with Crippen LogP contribution in [0.3, 0.4) is 0 Å². The molecule has 0 spiro atoms. The molecule has 0 saturated heterocycles. The van der Waals surface area contributed by atoms with Crippen LogP contribution in [0.5, 0.6) is 0 Å². The molecule has 0 unspecified atom stereocenters. The lowest BCUT2D eigenvalue weighted by Gasteiger charge is -2.35. The van der Waals surface area contributed by atoms with Gasteiger partial charge in [-0.25, -0.2) is 9.59 Å². The van der Waals surface area contributed by atoms with E-state index in [0.717, 1.165) is 12.8 Å². The highest BCUT2D eigenvalue weighted by molar-refractivity contribution is 6.30. The van der Waals surface area contributed by atoms with Crippen LogP contribution in [-0.2, 0) is 14.3 Å². The van der Waals surface area contributed by atoms with E-state index >= 15 is 0 Å². The van der Waals surface area contributed by atoms with Crippen molar-refractivity contribution in [3.05, 3.63) is 34.9 Å². The first-order chi connectivity index (χ1) is 11.4. The summed E-state index contributed by atoms with van der Waals surface area (Å²) in [6.07, 6.45) is 3.03. The molecule has 2 rings (SSSR count). The van der Waals surface area contributed by atoms with E-state index in [1.165, 1.54) is 6.42 Å². The first-order valence-corrected chi connectivity index (χ1v) is 8.86. The van der Waals surface area contributed by atoms with Crippen LogP contribution >= 0.6 is 11.6 Å². The Labute approximate surface area is 148 Å². The zero-order valence-electron chi connectivity index (χ0n) is 14.5. The Bertz CT molecular complexity index is 567.